The van der Waals surface area contributed by atoms with Crippen LogP contribution in [0.1, 0.15) is 108 Å². The summed E-state index contributed by atoms with van der Waals surface area (Å²) < 4.78 is 0. The minimum atomic E-state index is -0.781. The molecule has 6 nitrogen and oxygen atoms in total. The molecule has 0 radical (unpaired) electrons. The fourth-order valence-electron chi connectivity index (χ4n) is 7.52. The molecule has 0 heterocycles. The van der Waals surface area contributed by atoms with Gasteiger partial charge in [-0.3, -0.25) is 19.2 Å². The Morgan fingerprint density at radius 2 is 0.906 bits per heavy atom. The number of rotatable bonds is 9. The zero-order valence-electron chi connectivity index (χ0n) is 37.4. The molecule has 4 aromatic rings. The first-order valence-electron chi connectivity index (χ1n) is 20.9. The average Bonchev–Trinajstić information content (AvgIpc) is 3.25. The van der Waals surface area contributed by atoms with E-state index < -0.39 is 5.41 Å². The van der Waals surface area contributed by atoms with Gasteiger partial charge in [-0.05, 0) is 70.9 Å². The Bertz CT molecular complexity index is 2060. The van der Waals surface area contributed by atoms with E-state index in [1.54, 1.807) is 19.1 Å². The molecule has 348 valence electrons. The summed E-state index contributed by atoms with van der Waals surface area (Å²) in [5.74, 6) is 0.692. The van der Waals surface area contributed by atoms with Gasteiger partial charge in [0, 0.05) is 68.5 Å². The molecule has 6 rings (SSSR count). The number of ketones is 4. The first-order valence-corrected chi connectivity index (χ1v) is 39.8. The average molecular weight is 1540 g/mol. The molecule has 0 bridgehead atoms. The van der Waals surface area contributed by atoms with E-state index in [1.165, 1.54) is 0 Å². The van der Waals surface area contributed by atoms with E-state index in [1.807, 2.05) is 169 Å². The number of carbonyl (C=O) groups is 4. The monoisotopic (exact) mass is 1540 g/mol. The molecule has 0 aromatic heterocycles. The molecule has 12 heteroatoms. The standard InChI is InChI=1S/C18H22O2.C17H20O2.C17H18O2.I3.I2.HI/c1-13(2)18(3)16(19)11-15(12-17(18)20)10-9-14-7-5-4-6-8-14;2*1-12(2)17-15(18)10-14(11-16(17)19)9-8-13-6-4-3-5-7-13;1-3-2;1-2;/h4-10,13,15H,11-12H2,1-3H3;3-9,12,14,17H,10-11H2,1-2H3;3-12,18-19H,1-2H3;;;1H/q;;;-1;;/b10-9+;2*9-8+;;;. The summed E-state index contributed by atoms with van der Waals surface area (Å²) in [5.41, 5.74) is 3.88. The Morgan fingerprint density at radius 3 is 1.23 bits per heavy atom. The fourth-order valence-corrected chi connectivity index (χ4v) is 7.52. The van der Waals surface area contributed by atoms with Gasteiger partial charge < -0.3 is 10.2 Å². The summed E-state index contributed by atoms with van der Waals surface area (Å²) in [5, 5.41) is 19.9. The number of allylic oxidation sites excluding steroid dienone is 2. The second kappa shape index (κ2) is 32.5. The predicted octanol–water partition coefficient (Wildman–Crippen LogP) is 13.0. The quantitative estimate of drug-likeness (QED) is 0.0982. The third-order valence-corrected chi connectivity index (χ3v) is 11.2. The maximum atomic E-state index is 12.3. The second-order valence-corrected chi connectivity index (χ2v) is 32.9. The molecule has 0 atom stereocenters. The summed E-state index contributed by atoms with van der Waals surface area (Å²) in [7, 11) is 0. The molecular weight excluding hydrogens is 1480 g/mol. The van der Waals surface area contributed by atoms with E-state index in [0.29, 0.717) is 44.5 Å². The molecule has 64 heavy (non-hydrogen) atoms. The van der Waals surface area contributed by atoms with Crippen molar-refractivity contribution in [3.8, 4) is 11.5 Å². The van der Waals surface area contributed by atoms with Crippen LogP contribution in [0.2, 0.25) is 0 Å². The van der Waals surface area contributed by atoms with E-state index in [-0.39, 0.29) is 94.1 Å². The molecule has 0 unspecified atom stereocenters. The Kier molecular flexibility index (Phi) is 30.9. The zero-order chi connectivity index (χ0) is 47.1. The van der Waals surface area contributed by atoms with Gasteiger partial charge in [-0.2, -0.15) is 0 Å². The molecule has 0 aliphatic heterocycles. The number of Topliss-reactive ketones (excluding diaryl/α,β-unsaturated/α-hetero) is 4. The molecule has 0 amide bonds. The van der Waals surface area contributed by atoms with Crippen LogP contribution >= 0.6 is 98.4 Å². The van der Waals surface area contributed by atoms with Crippen LogP contribution < -0.4 is 13.3 Å². The number of phenols is 2. The van der Waals surface area contributed by atoms with Gasteiger partial charge in [0.1, 0.15) is 34.6 Å². The van der Waals surface area contributed by atoms with Crippen molar-refractivity contribution in [1.29, 1.82) is 0 Å². The van der Waals surface area contributed by atoms with Gasteiger partial charge in [-0.15, -0.1) is 24.0 Å². The van der Waals surface area contributed by atoms with Crippen LogP contribution in [0.15, 0.2) is 115 Å². The molecule has 2 N–H and O–H groups in total. The number of halogens is 6. The number of hydrogen-bond acceptors (Lipinski definition) is 6. The van der Waals surface area contributed by atoms with Crippen molar-refractivity contribution in [1.82, 2.24) is 0 Å². The third-order valence-electron chi connectivity index (χ3n) is 11.2. The SMILES string of the molecule is CC(C)C1(C)C(=O)CC(/C=C/c2ccccc2)CC1=O.CC(C)C1C(=O)CC(/C=C/c2ccccc2)CC1=O.CC(C)c1c(O)cc(/C=C/c2ccccc2)cc1O.I.II.I[I-]I. The number of hydrogen-bond donors (Lipinski definition) is 2. The van der Waals surface area contributed by atoms with Crippen molar-refractivity contribution in [3.63, 3.8) is 0 Å². The number of benzene rings is 4. The van der Waals surface area contributed by atoms with Crippen LogP contribution in [0.5, 0.6) is 11.5 Å². The van der Waals surface area contributed by atoms with Gasteiger partial charge >= 0.3 is 50.5 Å². The molecule has 0 spiro atoms. The van der Waals surface area contributed by atoms with E-state index >= 15 is 0 Å². The summed E-state index contributed by atoms with van der Waals surface area (Å²) in [4.78, 5) is 48.7. The number of phenolic OH excluding ortho intramolecular Hbond substituents is 2. The van der Waals surface area contributed by atoms with Crippen molar-refractivity contribution >= 4 is 146 Å². The summed E-state index contributed by atoms with van der Waals surface area (Å²) in [6, 6.07) is 33.2. The van der Waals surface area contributed by atoms with Gasteiger partial charge in [0.2, 0.25) is 0 Å². The molecule has 2 fully saturated rings. The van der Waals surface area contributed by atoms with Crippen molar-refractivity contribution in [2.45, 2.75) is 80.1 Å². The number of carbonyl (C=O) groups excluding carboxylic acids is 4. The molecule has 0 saturated heterocycles. The van der Waals surface area contributed by atoms with Crippen LogP contribution in [0, 0.1) is 35.0 Å². The molecule has 2 saturated carbocycles. The van der Waals surface area contributed by atoms with Crippen LogP contribution in [-0.4, -0.2) is 33.3 Å². The minimum absolute atomic E-state index is 0. The topological polar surface area (TPSA) is 109 Å². The maximum absolute atomic E-state index is 12.3. The summed E-state index contributed by atoms with van der Waals surface area (Å²) in [6.07, 6.45) is 13.8. The predicted molar refractivity (Wildman–Crippen MR) is 308 cm³/mol. The van der Waals surface area contributed by atoms with Gasteiger partial charge in [0.15, 0.2) is 0 Å². The van der Waals surface area contributed by atoms with Crippen molar-refractivity contribution in [3.05, 3.63) is 143 Å². The Balaban J connectivity index is 0.000000453. The molecular formula is C52H61I6O6-. The Morgan fingerprint density at radius 1 is 0.578 bits per heavy atom. The second-order valence-electron chi connectivity index (χ2n) is 16.7. The third kappa shape index (κ3) is 20.2. The Hall–Kier alpha value is -1.24. The van der Waals surface area contributed by atoms with Gasteiger partial charge in [-0.25, -0.2) is 0 Å². The van der Waals surface area contributed by atoms with E-state index in [4.69, 9.17) is 0 Å². The first kappa shape index (κ1) is 60.8. The van der Waals surface area contributed by atoms with Gasteiger partial charge in [0.25, 0.3) is 0 Å². The normalized spacial score (nSPS) is 19.6. The van der Waals surface area contributed by atoms with Crippen molar-refractivity contribution in [2.75, 3.05) is 0 Å². The van der Waals surface area contributed by atoms with Crippen LogP contribution in [-0.2, 0) is 19.2 Å². The van der Waals surface area contributed by atoms with Crippen molar-refractivity contribution < 1.29 is 42.6 Å². The van der Waals surface area contributed by atoms with E-state index in [9.17, 15) is 29.4 Å². The molecule has 4 aromatic carbocycles. The first-order chi connectivity index (χ1) is 30.0. The summed E-state index contributed by atoms with van der Waals surface area (Å²) in [6.45, 7) is 13.5. The molecule has 2 aliphatic rings. The van der Waals surface area contributed by atoms with Crippen LogP contribution in [0.25, 0.3) is 24.3 Å². The van der Waals surface area contributed by atoms with Crippen LogP contribution in [0.3, 0.4) is 0 Å². The number of aromatic hydroxyl groups is 2. The Labute approximate surface area is 452 Å². The fraction of sp³-hybridized carbons (Fsp3) is 0.346. The zero-order valence-corrected chi connectivity index (χ0v) is 50.5. The van der Waals surface area contributed by atoms with Gasteiger partial charge in [0.05, 0.1) is 11.3 Å². The van der Waals surface area contributed by atoms with E-state index in [0.717, 1.165) is 22.3 Å². The summed E-state index contributed by atoms with van der Waals surface area (Å²) >= 11 is 9.54. The van der Waals surface area contributed by atoms with Crippen LogP contribution in [0.4, 0.5) is 0 Å². The van der Waals surface area contributed by atoms with E-state index in [2.05, 4.69) is 74.5 Å². The van der Waals surface area contributed by atoms with Gasteiger partial charge in [-0.1, -0.05) is 169 Å². The molecule has 2 aliphatic carbocycles. The van der Waals surface area contributed by atoms with Crippen molar-refractivity contribution in [2.24, 2.45) is 35.0 Å².